The number of amides is 1. The van der Waals surface area contributed by atoms with Crippen LogP contribution in [0.3, 0.4) is 0 Å². The highest BCUT2D eigenvalue weighted by molar-refractivity contribution is 7.17. The smallest absolute Gasteiger partial charge is 0.296 e. The van der Waals surface area contributed by atoms with Gasteiger partial charge in [0.1, 0.15) is 10.8 Å². The van der Waals surface area contributed by atoms with Gasteiger partial charge in [0.25, 0.3) is 5.56 Å². The van der Waals surface area contributed by atoms with Crippen molar-refractivity contribution in [1.82, 2.24) is 29.5 Å². The van der Waals surface area contributed by atoms with Crippen LogP contribution in [-0.2, 0) is 17.6 Å². The fourth-order valence-electron chi connectivity index (χ4n) is 4.06. The van der Waals surface area contributed by atoms with Crippen molar-refractivity contribution in [2.45, 2.75) is 31.7 Å². The van der Waals surface area contributed by atoms with Crippen molar-refractivity contribution in [3.05, 3.63) is 81.3 Å². The molecule has 1 aromatic carbocycles. The van der Waals surface area contributed by atoms with Gasteiger partial charge < -0.3 is 9.88 Å². The maximum Gasteiger partial charge on any atom is 0.296 e. The second-order valence-electron chi connectivity index (χ2n) is 8.46. The third-order valence-corrected chi connectivity index (χ3v) is 7.95. The van der Waals surface area contributed by atoms with Gasteiger partial charge in [0.05, 0.1) is 17.0 Å². The van der Waals surface area contributed by atoms with Crippen molar-refractivity contribution < 1.29 is 4.79 Å². The number of nitrogens with zero attached hydrogens (tertiary/aromatic N) is 5. The monoisotopic (exact) mass is 502 g/mol. The highest BCUT2D eigenvalue weighted by atomic mass is 32.1. The van der Waals surface area contributed by atoms with Gasteiger partial charge in [-0.15, -0.1) is 32.9 Å². The number of benzene rings is 1. The molecule has 1 aliphatic rings. The quantitative estimate of drug-likeness (QED) is 0.346. The molecule has 1 aliphatic carbocycles. The molecule has 35 heavy (non-hydrogen) atoms. The first-order valence-corrected chi connectivity index (χ1v) is 13.2. The van der Waals surface area contributed by atoms with Crippen molar-refractivity contribution in [2.75, 3.05) is 6.54 Å². The minimum atomic E-state index is -0.113. The van der Waals surface area contributed by atoms with Crippen molar-refractivity contribution in [1.29, 1.82) is 0 Å². The van der Waals surface area contributed by atoms with Gasteiger partial charge in [0, 0.05) is 41.8 Å². The molecule has 0 bridgehead atoms. The zero-order valence-corrected chi connectivity index (χ0v) is 20.4. The van der Waals surface area contributed by atoms with E-state index < -0.39 is 0 Å². The molecule has 0 atom stereocenters. The SMILES string of the molecule is O=C(Cc1sc(-c2ccccc2)nc1-c1cccs1)NCCc1nnc2c(=O)n(C3CC3)ccn12. The summed E-state index contributed by atoms with van der Waals surface area (Å²) in [4.78, 5) is 32.3. The predicted molar refractivity (Wildman–Crippen MR) is 137 cm³/mol. The average Bonchev–Trinajstić information content (AvgIpc) is 3.23. The first-order valence-electron chi connectivity index (χ1n) is 11.5. The van der Waals surface area contributed by atoms with Crippen LogP contribution in [0.15, 0.2) is 65.0 Å². The van der Waals surface area contributed by atoms with Crippen LogP contribution in [0.25, 0.3) is 26.8 Å². The number of nitrogens with one attached hydrogen (secondary N) is 1. The molecule has 0 radical (unpaired) electrons. The molecule has 4 heterocycles. The third-order valence-electron chi connectivity index (χ3n) is 5.97. The Balaban J connectivity index is 1.15. The number of hydrogen-bond acceptors (Lipinski definition) is 7. The molecule has 1 amide bonds. The second kappa shape index (κ2) is 9.20. The van der Waals surface area contributed by atoms with Crippen LogP contribution in [0.4, 0.5) is 0 Å². The van der Waals surface area contributed by atoms with Crippen LogP contribution >= 0.6 is 22.7 Å². The molecule has 0 aliphatic heterocycles. The van der Waals surface area contributed by atoms with E-state index in [0.717, 1.165) is 38.9 Å². The van der Waals surface area contributed by atoms with E-state index in [1.165, 1.54) is 0 Å². The molecule has 0 spiro atoms. The average molecular weight is 503 g/mol. The lowest BCUT2D eigenvalue weighted by atomic mass is 10.2. The van der Waals surface area contributed by atoms with Crippen molar-refractivity contribution in [2.24, 2.45) is 0 Å². The van der Waals surface area contributed by atoms with Gasteiger partial charge in [-0.25, -0.2) is 4.98 Å². The summed E-state index contributed by atoms with van der Waals surface area (Å²) in [6, 6.07) is 14.3. The van der Waals surface area contributed by atoms with Gasteiger partial charge >= 0.3 is 0 Å². The fraction of sp³-hybridized carbons (Fsp3) is 0.240. The molecule has 1 N–H and O–H groups in total. The molecular weight excluding hydrogens is 480 g/mol. The van der Waals surface area contributed by atoms with E-state index in [1.807, 2.05) is 54.0 Å². The molecule has 176 valence electrons. The lowest BCUT2D eigenvalue weighted by Gasteiger charge is -2.06. The largest absolute Gasteiger partial charge is 0.355 e. The first kappa shape index (κ1) is 21.9. The van der Waals surface area contributed by atoms with Gasteiger partial charge in [0.2, 0.25) is 11.6 Å². The lowest BCUT2D eigenvalue weighted by Crippen LogP contribution is -2.27. The lowest BCUT2D eigenvalue weighted by molar-refractivity contribution is -0.120. The molecule has 1 fully saturated rings. The zero-order valence-electron chi connectivity index (χ0n) is 18.8. The van der Waals surface area contributed by atoms with Crippen LogP contribution in [0.1, 0.15) is 29.6 Å². The van der Waals surface area contributed by atoms with Crippen LogP contribution in [-0.4, -0.2) is 36.6 Å². The topological polar surface area (TPSA) is 94.2 Å². The Bertz CT molecular complexity index is 1550. The van der Waals surface area contributed by atoms with E-state index >= 15 is 0 Å². The summed E-state index contributed by atoms with van der Waals surface area (Å²) in [5.41, 5.74) is 2.13. The van der Waals surface area contributed by atoms with E-state index in [4.69, 9.17) is 4.98 Å². The van der Waals surface area contributed by atoms with E-state index in [9.17, 15) is 9.59 Å². The molecular formula is C25H22N6O2S2. The summed E-state index contributed by atoms with van der Waals surface area (Å²) in [7, 11) is 0. The number of carbonyl (C=O) groups excluding carboxylic acids is 1. The predicted octanol–water partition coefficient (Wildman–Crippen LogP) is 3.98. The fourth-order valence-corrected chi connectivity index (χ4v) is 5.95. The van der Waals surface area contributed by atoms with Crippen molar-refractivity contribution >= 4 is 34.2 Å². The molecule has 6 rings (SSSR count). The van der Waals surface area contributed by atoms with Gasteiger partial charge in [-0.3, -0.25) is 14.0 Å². The van der Waals surface area contributed by atoms with Gasteiger partial charge in [-0.2, -0.15) is 0 Å². The molecule has 10 heteroatoms. The molecule has 1 saturated carbocycles. The summed E-state index contributed by atoms with van der Waals surface area (Å²) < 4.78 is 3.46. The van der Waals surface area contributed by atoms with Gasteiger partial charge in [-0.1, -0.05) is 36.4 Å². The number of hydrogen-bond donors (Lipinski definition) is 1. The number of thiazole rings is 1. The Morgan fingerprint density at radius 1 is 1.09 bits per heavy atom. The maximum absolute atomic E-state index is 12.8. The first-order chi connectivity index (χ1) is 17.2. The van der Waals surface area contributed by atoms with Crippen LogP contribution in [0.2, 0.25) is 0 Å². The number of fused-ring (bicyclic) bond motifs is 1. The summed E-state index contributed by atoms with van der Waals surface area (Å²) in [6.07, 6.45) is 6.44. The Morgan fingerprint density at radius 3 is 2.71 bits per heavy atom. The number of aromatic nitrogens is 5. The molecule has 4 aromatic heterocycles. The Morgan fingerprint density at radius 2 is 1.94 bits per heavy atom. The van der Waals surface area contributed by atoms with E-state index in [-0.39, 0.29) is 17.9 Å². The Labute approximate surface area is 208 Å². The highest BCUT2D eigenvalue weighted by Crippen LogP contribution is 2.36. The normalized spacial score (nSPS) is 13.4. The van der Waals surface area contributed by atoms with E-state index in [0.29, 0.717) is 30.5 Å². The van der Waals surface area contributed by atoms with Crippen LogP contribution in [0.5, 0.6) is 0 Å². The summed E-state index contributed by atoms with van der Waals surface area (Å²) in [5.74, 6) is 0.583. The minimum absolute atomic E-state index is 0.0732. The van der Waals surface area contributed by atoms with Crippen molar-refractivity contribution in [3.63, 3.8) is 0 Å². The van der Waals surface area contributed by atoms with Crippen molar-refractivity contribution in [3.8, 4) is 21.1 Å². The summed E-state index contributed by atoms with van der Waals surface area (Å²) >= 11 is 3.17. The van der Waals surface area contributed by atoms with Crippen LogP contribution < -0.4 is 10.9 Å². The summed E-state index contributed by atoms with van der Waals surface area (Å²) in [6.45, 7) is 0.407. The number of carbonyl (C=O) groups is 1. The Hall–Kier alpha value is -3.63. The standard InChI is InChI=1S/C25H22N6O2S2/c32-21(26-11-10-20-28-29-23-25(33)30(17-8-9-17)12-13-31(20)23)15-19-22(18-7-4-14-34-18)27-24(35-19)16-5-2-1-3-6-16/h1-7,12-14,17H,8-11,15H2,(H,26,32). The molecule has 8 nitrogen and oxygen atoms in total. The Kier molecular flexibility index (Phi) is 5.75. The van der Waals surface area contributed by atoms with Gasteiger partial charge in [-0.05, 0) is 24.3 Å². The number of rotatable bonds is 8. The van der Waals surface area contributed by atoms with Gasteiger partial charge in [0.15, 0.2) is 0 Å². The highest BCUT2D eigenvalue weighted by Gasteiger charge is 2.25. The van der Waals surface area contributed by atoms with E-state index in [1.54, 1.807) is 37.8 Å². The number of thiophene rings is 1. The molecule has 5 aromatic rings. The van der Waals surface area contributed by atoms with E-state index in [2.05, 4.69) is 15.5 Å². The summed E-state index contributed by atoms with van der Waals surface area (Å²) in [5, 5.41) is 14.2. The third kappa shape index (κ3) is 4.42. The maximum atomic E-state index is 12.8. The molecule has 0 unspecified atom stereocenters. The second-order valence-corrected chi connectivity index (χ2v) is 10.5. The van der Waals surface area contributed by atoms with Crippen LogP contribution in [0, 0.1) is 0 Å². The minimum Gasteiger partial charge on any atom is -0.355 e. The molecule has 0 saturated heterocycles. The zero-order chi connectivity index (χ0) is 23.8.